The van der Waals surface area contributed by atoms with Crippen molar-refractivity contribution in [2.75, 3.05) is 116 Å². The summed E-state index contributed by atoms with van der Waals surface area (Å²) >= 11 is 13.0. The highest BCUT2D eigenvalue weighted by Crippen LogP contribution is 2.54. The summed E-state index contributed by atoms with van der Waals surface area (Å²) < 4.78 is 46.3. The SMILES string of the molecule is [C-]#[N+]c1nn(CCCC(=O)CCOCCOCCOCCOCCN2CCN(C(=O)N3C(c4ccc(C(C)(C)C)cc4OCC)=N[C@@](C)(c4ccc(Cl)cc4)[C@@]3(C)c3ccc(Cl)cc3)CC2)c2c1-c1cnc(N)c(n1)N1CCC[C@@H]1c1cc(F)cc(c1)C(=O)N(C)C2. The third-order valence-electron chi connectivity index (χ3n) is 18.0. The van der Waals surface area contributed by atoms with Crippen molar-refractivity contribution in [2.45, 2.75) is 109 Å². The maximum Gasteiger partial charge on any atom is 0.326 e. The fourth-order valence-electron chi connectivity index (χ4n) is 12.7. The number of aromatic nitrogens is 4. The Bertz CT molecular complexity index is 3680. The number of nitrogens with two attached hydrogens (primary N) is 1. The molecule has 4 aromatic carbocycles. The van der Waals surface area contributed by atoms with Gasteiger partial charge in [-0.15, -0.1) is 0 Å². The number of halogens is 3. The summed E-state index contributed by atoms with van der Waals surface area (Å²) in [5.74, 6) is 0.989. The van der Waals surface area contributed by atoms with Gasteiger partial charge in [0, 0.05) is 74.8 Å². The second-order valence-corrected chi connectivity index (χ2v) is 25.9. The number of benzene rings is 4. The number of amidine groups is 1. The van der Waals surface area contributed by atoms with Crippen LogP contribution in [0.25, 0.3) is 16.1 Å². The third-order valence-corrected chi connectivity index (χ3v) is 18.5. The molecular weight excluding hydrogens is 1210 g/mol. The number of fused-ring (bicyclic) bond motifs is 9. The number of Topliss-reactive ketones (excluding diaryl/α,β-unsaturated/α-hetero) is 1. The van der Waals surface area contributed by atoms with E-state index in [0.717, 1.165) is 28.7 Å². The number of anilines is 2. The van der Waals surface area contributed by atoms with Crippen LogP contribution in [0.5, 0.6) is 5.75 Å². The molecule has 3 atom stereocenters. The molecule has 2 N–H and O–H groups in total. The van der Waals surface area contributed by atoms with Gasteiger partial charge in [-0.05, 0) is 127 Å². The zero-order valence-electron chi connectivity index (χ0n) is 53.7. The van der Waals surface area contributed by atoms with Gasteiger partial charge in [-0.25, -0.2) is 19.2 Å². The highest BCUT2D eigenvalue weighted by Gasteiger charge is 2.60. The van der Waals surface area contributed by atoms with Crippen molar-refractivity contribution >= 4 is 64.2 Å². The van der Waals surface area contributed by atoms with Crippen molar-refractivity contribution in [3.8, 4) is 17.0 Å². The van der Waals surface area contributed by atoms with Gasteiger partial charge in [0.1, 0.15) is 34.3 Å². The Morgan fingerprint density at radius 3 is 2.12 bits per heavy atom. The number of hydrogen-bond donors (Lipinski definition) is 1. The van der Waals surface area contributed by atoms with Crippen LogP contribution in [-0.4, -0.2) is 169 Å². The molecule has 488 valence electrons. The number of carbonyl (C=O) groups is 3. The van der Waals surface area contributed by atoms with Crippen LogP contribution in [0, 0.1) is 12.4 Å². The summed E-state index contributed by atoms with van der Waals surface area (Å²) in [6, 6.07) is 25.6. The lowest BCUT2D eigenvalue weighted by atomic mass is 9.71. The average molecular weight is 1300 g/mol. The molecule has 23 heteroatoms. The lowest BCUT2D eigenvalue weighted by Gasteiger charge is -2.47. The van der Waals surface area contributed by atoms with Crippen molar-refractivity contribution in [1.29, 1.82) is 0 Å². The zero-order valence-corrected chi connectivity index (χ0v) is 55.2. The van der Waals surface area contributed by atoms with Gasteiger partial charge >= 0.3 is 11.8 Å². The standard InChI is InChI=1S/C69H83Cl2FN12O8/c1-9-92-59-43-50(67(2,3)4)18-23-55(59)63-77-68(5,48-14-19-51(70)20-15-48)69(6,49-16-21-52(71)22-17-49)84(63)66(87)81-29-27-80(28-30-81)31-33-89-35-37-91-39-38-90-36-34-88-32-24-54(85)12-10-26-83-58-45-79(8)65(86)47-40-46(41-53(72)42-47)57-13-11-25-82(57)64-61(73)75-44-56(76-64)60(58)62(74-7)78-83/h14-23,40-44,57H,9-13,24-39,45H2,1-6,8H3,(H2,73,75)/t57-,68+,69-/m1/s1. The number of ether oxygens (including phenoxy) is 5. The molecule has 2 saturated heterocycles. The van der Waals surface area contributed by atoms with E-state index in [1.165, 1.54) is 23.2 Å². The highest BCUT2D eigenvalue weighted by atomic mass is 35.5. The molecule has 6 heterocycles. The van der Waals surface area contributed by atoms with Crippen LogP contribution < -0.4 is 15.4 Å². The molecule has 4 aliphatic rings. The molecule has 3 amide bonds. The molecule has 92 heavy (non-hydrogen) atoms. The van der Waals surface area contributed by atoms with Crippen LogP contribution in [0.3, 0.4) is 0 Å². The van der Waals surface area contributed by atoms with E-state index in [1.54, 1.807) is 17.8 Å². The largest absolute Gasteiger partial charge is 0.493 e. The molecule has 2 aromatic heterocycles. The van der Waals surface area contributed by atoms with Crippen molar-refractivity contribution < 1.29 is 42.5 Å². The van der Waals surface area contributed by atoms with Gasteiger partial charge in [0.05, 0.1) is 107 Å². The number of piperazine rings is 1. The fourth-order valence-corrected chi connectivity index (χ4v) is 13.0. The molecular formula is C69H83Cl2FN12O8. The van der Waals surface area contributed by atoms with Crippen molar-refractivity contribution in [3.05, 3.63) is 157 Å². The maximum atomic E-state index is 15.5. The van der Waals surface area contributed by atoms with Gasteiger partial charge in [0.25, 0.3) is 5.91 Å². The van der Waals surface area contributed by atoms with Gasteiger partial charge in [-0.3, -0.25) is 24.4 Å². The molecule has 0 radical (unpaired) electrons. The van der Waals surface area contributed by atoms with Crippen LogP contribution in [-0.2, 0) is 53.3 Å². The van der Waals surface area contributed by atoms with Gasteiger partial charge < -0.3 is 49.0 Å². The molecule has 2 fully saturated rings. The van der Waals surface area contributed by atoms with Crippen LogP contribution in [0.4, 0.5) is 26.6 Å². The van der Waals surface area contributed by atoms with Crippen molar-refractivity contribution in [3.63, 3.8) is 0 Å². The second kappa shape index (κ2) is 29.6. The minimum Gasteiger partial charge on any atom is -0.493 e. The molecule has 0 unspecified atom stereocenters. The number of urea groups is 1. The van der Waals surface area contributed by atoms with Crippen molar-refractivity contribution in [1.82, 2.24) is 39.3 Å². The number of aliphatic imine (C=N–C) groups is 1. The lowest BCUT2D eigenvalue weighted by Crippen LogP contribution is -2.60. The summed E-state index contributed by atoms with van der Waals surface area (Å²) in [6.07, 6.45) is 3.89. The van der Waals surface area contributed by atoms with E-state index in [1.807, 2.05) is 76.2 Å². The molecule has 6 aromatic rings. The molecule has 20 nitrogen and oxygen atoms in total. The zero-order chi connectivity index (χ0) is 65.3. The number of ketones is 1. The summed E-state index contributed by atoms with van der Waals surface area (Å²) in [5.41, 5.74) is 10.1. The van der Waals surface area contributed by atoms with E-state index in [0.29, 0.717) is 155 Å². The monoisotopic (exact) mass is 1300 g/mol. The van der Waals surface area contributed by atoms with E-state index in [4.69, 9.17) is 69.2 Å². The summed E-state index contributed by atoms with van der Waals surface area (Å²) in [7, 11) is 1.62. The van der Waals surface area contributed by atoms with E-state index in [9.17, 15) is 9.59 Å². The molecule has 0 aliphatic carbocycles. The first-order valence-electron chi connectivity index (χ1n) is 31.7. The minimum atomic E-state index is -1.03. The van der Waals surface area contributed by atoms with Crippen LogP contribution >= 0.6 is 23.2 Å². The number of carbonyl (C=O) groups excluding carboxylic acids is 3. The summed E-state index contributed by atoms with van der Waals surface area (Å²) in [5, 5.41) is 5.83. The first-order valence-corrected chi connectivity index (χ1v) is 32.4. The smallest absolute Gasteiger partial charge is 0.326 e. The molecule has 0 spiro atoms. The number of aryl methyl sites for hydroxylation is 1. The van der Waals surface area contributed by atoms with Gasteiger partial charge in [0.2, 0.25) is 0 Å². The topological polar surface area (TPSA) is 200 Å². The van der Waals surface area contributed by atoms with E-state index in [2.05, 4.69) is 66.6 Å². The molecule has 0 saturated carbocycles. The summed E-state index contributed by atoms with van der Waals surface area (Å²) in [6.45, 7) is 28.1. The van der Waals surface area contributed by atoms with E-state index < -0.39 is 22.8 Å². The maximum absolute atomic E-state index is 15.5. The second-order valence-electron chi connectivity index (χ2n) is 25.0. The van der Waals surface area contributed by atoms with E-state index in [-0.39, 0.29) is 73.0 Å². The highest BCUT2D eigenvalue weighted by molar-refractivity contribution is 6.30. The molecule has 4 aliphatic heterocycles. The average Bonchev–Trinajstić information content (AvgIpc) is 1.53. The lowest BCUT2D eigenvalue weighted by molar-refractivity contribution is -0.120. The normalized spacial score (nSPS) is 19.2. The third kappa shape index (κ3) is 14.8. The Morgan fingerprint density at radius 1 is 0.815 bits per heavy atom. The Hall–Kier alpha value is -7.55. The quantitative estimate of drug-likeness (QED) is 0.0443. The molecule has 4 bridgehead atoms. The molecule has 10 rings (SSSR count). The number of hydrogen-bond acceptors (Lipinski definition) is 15. The number of rotatable bonds is 24. The van der Waals surface area contributed by atoms with Crippen molar-refractivity contribution in [2.24, 2.45) is 4.99 Å². The summed E-state index contributed by atoms with van der Waals surface area (Å²) in [4.78, 5) is 70.8. The predicted molar refractivity (Wildman–Crippen MR) is 353 cm³/mol. The van der Waals surface area contributed by atoms with Crippen LogP contribution in [0.15, 0.2) is 96.1 Å². The van der Waals surface area contributed by atoms with Gasteiger partial charge in [0.15, 0.2) is 11.6 Å². The minimum absolute atomic E-state index is 0.00782. The Kier molecular flexibility index (Phi) is 21.7. The Morgan fingerprint density at radius 2 is 1.47 bits per heavy atom. The first kappa shape index (κ1) is 67.3. The van der Waals surface area contributed by atoms with E-state index >= 15 is 9.18 Å². The van der Waals surface area contributed by atoms with Crippen LogP contribution in [0.2, 0.25) is 10.0 Å². The Balaban J connectivity index is 0.641. The Labute approximate surface area is 548 Å². The number of amides is 3. The van der Waals surface area contributed by atoms with Gasteiger partial charge in [-0.1, -0.05) is 80.9 Å². The van der Waals surface area contributed by atoms with Gasteiger partial charge in [-0.2, -0.15) is 4.68 Å². The number of nitrogens with zero attached hydrogens (tertiary/aromatic N) is 11. The first-order chi connectivity index (χ1) is 44.2. The van der Waals surface area contributed by atoms with Crippen LogP contribution in [0.1, 0.15) is 124 Å². The predicted octanol–water partition coefficient (Wildman–Crippen LogP) is 11.7. The number of nitrogen functional groups attached to an aromatic ring is 1. The fraction of sp³-hybridized carbons (Fsp3) is 0.478.